The molecule has 0 heterocycles. The van der Waals surface area contributed by atoms with Gasteiger partial charge in [0.2, 0.25) is 11.8 Å². The summed E-state index contributed by atoms with van der Waals surface area (Å²) < 4.78 is 0. The van der Waals surface area contributed by atoms with E-state index in [-0.39, 0.29) is 17.9 Å². The van der Waals surface area contributed by atoms with E-state index < -0.39 is 0 Å². The van der Waals surface area contributed by atoms with Gasteiger partial charge in [-0.1, -0.05) is 51.0 Å². The topological polar surface area (TPSA) is 49.4 Å². The Morgan fingerprint density at radius 3 is 2.65 bits per heavy atom. The first-order valence-electron chi connectivity index (χ1n) is 10.3. The zero-order valence-electron chi connectivity index (χ0n) is 16.4. The maximum absolute atomic E-state index is 12.5. The summed E-state index contributed by atoms with van der Waals surface area (Å²) in [7, 11) is 0. The normalized spacial score (nSPS) is 16.0. The van der Waals surface area contributed by atoms with Gasteiger partial charge in [-0.15, -0.1) is 0 Å². The van der Waals surface area contributed by atoms with Crippen molar-refractivity contribution < 1.29 is 9.59 Å². The molecule has 1 aromatic carbocycles. The van der Waals surface area contributed by atoms with E-state index in [4.69, 9.17) is 0 Å². The van der Waals surface area contributed by atoms with Crippen LogP contribution in [0.2, 0.25) is 0 Å². The summed E-state index contributed by atoms with van der Waals surface area (Å²) in [5, 5.41) is 3.19. The van der Waals surface area contributed by atoms with Crippen molar-refractivity contribution in [1.82, 2.24) is 10.2 Å². The molecule has 2 rings (SSSR count). The zero-order valence-corrected chi connectivity index (χ0v) is 16.4. The van der Waals surface area contributed by atoms with Crippen molar-refractivity contribution in [2.75, 3.05) is 13.1 Å². The summed E-state index contributed by atoms with van der Waals surface area (Å²) >= 11 is 0. The molecule has 0 bridgehead atoms. The van der Waals surface area contributed by atoms with Gasteiger partial charge in [0.15, 0.2) is 0 Å². The Labute approximate surface area is 158 Å². The number of carbonyl (C=O) groups is 2. The van der Waals surface area contributed by atoms with Gasteiger partial charge in [-0.3, -0.25) is 9.59 Å². The second kappa shape index (κ2) is 11.0. The van der Waals surface area contributed by atoms with E-state index in [2.05, 4.69) is 37.4 Å². The maximum Gasteiger partial charge on any atom is 0.222 e. The van der Waals surface area contributed by atoms with Gasteiger partial charge in [0.25, 0.3) is 0 Å². The van der Waals surface area contributed by atoms with Crippen LogP contribution in [0.25, 0.3) is 0 Å². The molecule has 1 atom stereocenters. The van der Waals surface area contributed by atoms with E-state index in [1.807, 2.05) is 11.0 Å². The average Bonchev–Trinajstić information content (AvgIpc) is 2.65. The number of benzene rings is 1. The second-order valence-corrected chi connectivity index (χ2v) is 7.30. The highest BCUT2D eigenvalue weighted by molar-refractivity contribution is 5.79. The van der Waals surface area contributed by atoms with E-state index in [0.717, 1.165) is 51.5 Å². The Bertz CT molecular complexity index is 585. The Hall–Kier alpha value is -1.84. The van der Waals surface area contributed by atoms with E-state index >= 15 is 0 Å². The molecule has 0 radical (unpaired) electrons. The molecule has 1 aromatic rings. The van der Waals surface area contributed by atoms with Crippen molar-refractivity contribution in [1.29, 1.82) is 0 Å². The number of fused-ring (bicyclic) bond motifs is 1. The third-order valence-corrected chi connectivity index (χ3v) is 5.15. The molecule has 0 aliphatic heterocycles. The summed E-state index contributed by atoms with van der Waals surface area (Å²) in [5.41, 5.74) is 2.61. The molecule has 1 aliphatic carbocycles. The van der Waals surface area contributed by atoms with Crippen LogP contribution in [-0.2, 0) is 16.0 Å². The molecule has 1 N–H and O–H groups in total. The Morgan fingerprint density at radius 2 is 1.88 bits per heavy atom. The molecule has 0 fully saturated rings. The monoisotopic (exact) mass is 358 g/mol. The molecule has 4 nitrogen and oxygen atoms in total. The number of nitrogens with one attached hydrogen (secondary N) is 1. The van der Waals surface area contributed by atoms with Crippen LogP contribution in [0.15, 0.2) is 24.3 Å². The van der Waals surface area contributed by atoms with Crippen molar-refractivity contribution in [3.05, 3.63) is 35.4 Å². The second-order valence-electron chi connectivity index (χ2n) is 7.30. The minimum Gasteiger partial charge on any atom is -0.349 e. The van der Waals surface area contributed by atoms with Gasteiger partial charge < -0.3 is 10.2 Å². The van der Waals surface area contributed by atoms with Crippen molar-refractivity contribution in [2.45, 2.75) is 77.7 Å². The van der Waals surface area contributed by atoms with Crippen molar-refractivity contribution in [2.24, 2.45) is 0 Å². The molecular weight excluding hydrogens is 324 g/mol. The Kier molecular flexibility index (Phi) is 8.66. The van der Waals surface area contributed by atoms with Crippen molar-refractivity contribution in [3.8, 4) is 0 Å². The first-order valence-corrected chi connectivity index (χ1v) is 10.3. The van der Waals surface area contributed by atoms with Crippen LogP contribution in [0.1, 0.15) is 82.4 Å². The molecule has 0 aromatic heterocycles. The lowest BCUT2D eigenvalue weighted by Crippen LogP contribution is -2.37. The molecule has 1 unspecified atom stereocenters. The summed E-state index contributed by atoms with van der Waals surface area (Å²) in [6.45, 7) is 5.48. The van der Waals surface area contributed by atoms with Crippen LogP contribution in [0.3, 0.4) is 0 Å². The summed E-state index contributed by atoms with van der Waals surface area (Å²) in [6.07, 6.45) is 8.28. The first kappa shape index (κ1) is 20.5. The predicted molar refractivity (Wildman–Crippen MR) is 106 cm³/mol. The molecule has 26 heavy (non-hydrogen) atoms. The third kappa shape index (κ3) is 6.15. The van der Waals surface area contributed by atoms with Crippen molar-refractivity contribution >= 4 is 11.8 Å². The molecule has 144 valence electrons. The van der Waals surface area contributed by atoms with Gasteiger partial charge in [-0.25, -0.2) is 0 Å². The highest BCUT2D eigenvalue weighted by Crippen LogP contribution is 2.29. The van der Waals surface area contributed by atoms with Crippen LogP contribution in [0.4, 0.5) is 0 Å². The molecule has 0 spiro atoms. The summed E-state index contributed by atoms with van der Waals surface area (Å²) in [4.78, 5) is 26.7. The molecule has 1 aliphatic rings. The van der Waals surface area contributed by atoms with Gasteiger partial charge in [0.1, 0.15) is 0 Å². The summed E-state index contributed by atoms with van der Waals surface area (Å²) in [5.74, 6) is 0.241. The number of amides is 2. The third-order valence-electron chi connectivity index (χ3n) is 5.15. The smallest absolute Gasteiger partial charge is 0.222 e. The van der Waals surface area contributed by atoms with Gasteiger partial charge >= 0.3 is 0 Å². The van der Waals surface area contributed by atoms with E-state index in [9.17, 15) is 9.59 Å². The fourth-order valence-electron chi connectivity index (χ4n) is 3.72. The number of aryl methyl sites for hydroxylation is 1. The van der Waals surface area contributed by atoms with E-state index in [1.165, 1.54) is 11.1 Å². The summed E-state index contributed by atoms with van der Waals surface area (Å²) in [6, 6.07) is 8.51. The minimum absolute atomic E-state index is 0.0502. The van der Waals surface area contributed by atoms with Crippen LogP contribution in [0.5, 0.6) is 0 Å². The van der Waals surface area contributed by atoms with E-state index in [0.29, 0.717) is 19.4 Å². The number of hydrogen-bond acceptors (Lipinski definition) is 2. The van der Waals surface area contributed by atoms with Crippen LogP contribution >= 0.6 is 0 Å². The fraction of sp³-hybridized carbons (Fsp3) is 0.636. The van der Waals surface area contributed by atoms with Crippen LogP contribution in [0, 0.1) is 0 Å². The highest BCUT2D eigenvalue weighted by atomic mass is 16.2. The average molecular weight is 359 g/mol. The predicted octanol–water partition coefficient (Wildman–Crippen LogP) is 4.39. The lowest BCUT2D eigenvalue weighted by atomic mass is 9.87. The maximum atomic E-state index is 12.5. The Balaban J connectivity index is 1.83. The van der Waals surface area contributed by atoms with Gasteiger partial charge in [-0.2, -0.15) is 0 Å². The lowest BCUT2D eigenvalue weighted by molar-refractivity contribution is -0.132. The molecule has 4 heteroatoms. The van der Waals surface area contributed by atoms with Crippen molar-refractivity contribution in [3.63, 3.8) is 0 Å². The SMILES string of the molecule is CCCCCC(=O)N(CCC)CCC(=O)NC1CCCc2ccccc21. The van der Waals surface area contributed by atoms with E-state index in [1.54, 1.807) is 0 Å². The highest BCUT2D eigenvalue weighted by Gasteiger charge is 2.22. The fourth-order valence-corrected chi connectivity index (χ4v) is 3.72. The molecular formula is C22H34N2O2. The standard InChI is InChI=1S/C22H34N2O2/c1-3-5-6-14-22(26)24(16-4-2)17-15-21(25)23-20-13-9-11-18-10-7-8-12-19(18)20/h7-8,10,12,20H,3-6,9,11,13-17H2,1-2H3,(H,23,25). The largest absolute Gasteiger partial charge is 0.349 e. The van der Waals surface area contributed by atoms with Gasteiger partial charge in [-0.05, 0) is 43.2 Å². The minimum atomic E-state index is 0.0502. The molecule has 0 saturated carbocycles. The molecule has 2 amide bonds. The number of carbonyl (C=O) groups excluding carboxylic acids is 2. The lowest BCUT2D eigenvalue weighted by Gasteiger charge is -2.27. The van der Waals surface area contributed by atoms with Gasteiger partial charge in [0, 0.05) is 25.9 Å². The molecule has 0 saturated heterocycles. The van der Waals surface area contributed by atoms with Crippen LogP contribution < -0.4 is 5.32 Å². The van der Waals surface area contributed by atoms with Crippen LogP contribution in [-0.4, -0.2) is 29.8 Å². The van der Waals surface area contributed by atoms with Gasteiger partial charge in [0.05, 0.1) is 6.04 Å². The first-order chi connectivity index (χ1) is 12.7. The number of rotatable bonds is 10. The quantitative estimate of drug-likeness (QED) is 0.631. The number of hydrogen-bond donors (Lipinski definition) is 1. The Morgan fingerprint density at radius 1 is 1.08 bits per heavy atom. The number of nitrogens with zero attached hydrogens (tertiary/aromatic N) is 1. The zero-order chi connectivity index (χ0) is 18.8. The number of unbranched alkanes of at least 4 members (excludes halogenated alkanes) is 2.